The fourth-order valence-electron chi connectivity index (χ4n) is 2.57. The second kappa shape index (κ2) is 6.12. The minimum absolute atomic E-state index is 0.0438. The number of carbonyl (C=O) groups is 2. The van der Waals surface area contributed by atoms with Gasteiger partial charge in [-0.1, -0.05) is 30.3 Å². The summed E-state index contributed by atoms with van der Waals surface area (Å²) in [6, 6.07) is 14.8. The second-order valence-corrected chi connectivity index (χ2v) is 5.52. The lowest BCUT2D eigenvalue weighted by molar-refractivity contribution is -0.127. The van der Waals surface area contributed by atoms with Gasteiger partial charge in [-0.2, -0.15) is 0 Å². The Morgan fingerprint density at radius 3 is 2.65 bits per heavy atom. The first kappa shape index (κ1) is 15.1. The summed E-state index contributed by atoms with van der Waals surface area (Å²) in [5.74, 6) is 0.156. The van der Waals surface area contributed by atoms with E-state index in [9.17, 15) is 9.59 Å². The van der Waals surface area contributed by atoms with E-state index in [0.29, 0.717) is 11.4 Å². The van der Waals surface area contributed by atoms with Gasteiger partial charge in [-0.05, 0) is 37.6 Å². The van der Waals surface area contributed by atoms with Gasteiger partial charge in [-0.3, -0.25) is 14.5 Å². The van der Waals surface area contributed by atoms with Gasteiger partial charge in [0.05, 0.1) is 5.69 Å². The summed E-state index contributed by atoms with van der Waals surface area (Å²) < 4.78 is 5.57. The Kier molecular flexibility index (Phi) is 4.02. The van der Waals surface area contributed by atoms with E-state index in [1.54, 1.807) is 19.1 Å². The number of nitrogens with zero attached hydrogens (tertiary/aromatic N) is 1. The van der Waals surface area contributed by atoms with E-state index in [4.69, 9.17) is 4.74 Å². The van der Waals surface area contributed by atoms with Crippen molar-refractivity contribution < 1.29 is 14.3 Å². The molecule has 2 amide bonds. The zero-order valence-corrected chi connectivity index (χ0v) is 13.1. The summed E-state index contributed by atoms with van der Waals surface area (Å²) in [5, 5.41) is 2.85. The topological polar surface area (TPSA) is 58.6 Å². The molecule has 1 aliphatic heterocycles. The Morgan fingerprint density at radius 2 is 1.87 bits per heavy atom. The molecule has 1 unspecified atom stereocenters. The highest BCUT2D eigenvalue weighted by atomic mass is 16.5. The Hall–Kier alpha value is -2.82. The largest absolute Gasteiger partial charge is 0.479 e. The maximum absolute atomic E-state index is 12.4. The maximum atomic E-state index is 12.4. The van der Waals surface area contributed by atoms with Gasteiger partial charge >= 0.3 is 0 Å². The first-order chi connectivity index (χ1) is 11.1. The van der Waals surface area contributed by atoms with Crippen LogP contribution in [0.3, 0.4) is 0 Å². The van der Waals surface area contributed by atoms with Gasteiger partial charge in [-0.25, -0.2) is 0 Å². The van der Waals surface area contributed by atoms with Crippen LogP contribution in [-0.4, -0.2) is 24.5 Å². The number of anilines is 2. The van der Waals surface area contributed by atoms with E-state index in [-0.39, 0.29) is 18.4 Å². The molecule has 2 aromatic carbocycles. The molecule has 0 spiro atoms. The number of amides is 2. The number of hydrogen-bond donors (Lipinski definition) is 1. The lowest BCUT2D eigenvalue weighted by Gasteiger charge is -2.32. The lowest BCUT2D eigenvalue weighted by Crippen LogP contribution is -2.47. The highest BCUT2D eigenvalue weighted by Gasteiger charge is 2.32. The quantitative estimate of drug-likeness (QED) is 0.948. The van der Waals surface area contributed by atoms with Crippen LogP contribution >= 0.6 is 0 Å². The number of hydrogen-bond acceptors (Lipinski definition) is 3. The normalized spacial score (nSPS) is 16.5. The summed E-state index contributed by atoms with van der Waals surface area (Å²) in [5.41, 5.74) is 2.35. The van der Waals surface area contributed by atoms with Gasteiger partial charge in [-0.15, -0.1) is 0 Å². The molecule has 1 aliphatic rings. The van der Waals surface area contributed by atoms with Crippen LogP contribution < -0.4 is 15.0 Å². The van der Waals surface area contributed by atoms with E-state index in [2.05, 4.69) is 5.32 Å². The number of benzene rings is 2. The molecule has 2 aromatic rings. The van der Waals surface area contributed by atoms with Crippen molar-refractivity contribution in [1.29, 1.82) is 0 Å². The van der Waals surface area contributed by atoms with Crippen LogP contribution in [0.25, 0.3) is 0 Å². The second-order valence-electron chi connectivity index (χ2n) is 5.52. The average molecular weight is 310 g/mol. The van der Waals surface area contributed by atoms with Crippen LogP contribution in [0.2, 0.25) is 0 Å². The fourth-order valence-corrected chi connectivity index (χ4v) is 2.57. The molecule has 1 heterocycles. The van der Waals surface area contributed by atoms with Crippen LogP contribution in [0, 0.1) is 6.92 Å². The highest BCUT2D eigenvalue weighted by Crippen LogP contribution is 2.33. The van der Waals surface area contributed by atoms with Crippen molar-refractivity contribution in [2.24, 2.45) is 0 Å². The molecular weight excluding hydrogens is 292 g/mol. The molecule has 1 N–H and O–H groups in total. The predicted octanol–water partition coefficient (Wildman–Crippen LogP) is 2.75. The molecule has 5 nitrogen and oxygen atoms in total. The van der Waals surface area contributed by atoms with Crippen molar-refractivity contribution in [1.82, 2.24) is 0 Å². The zero-order valence-electron chi connectivity index (χ0n) is 13.1. The average Bonchev–Trinajstić information content (AvgIpc) is 2.54. The smallest absolute Gasteiger partial charge is 0.268 e. The summed E-state index contributed by atoms with van der Waals surface area (Å²) in [6.07, 6.45) is -0.601. The number of para-hydroxylation sites is 3. The highest BCUT2D eigenvalue weighted by molar-refractivity contribution is 6.06. The molecule has 118 valence electrons. The summed E-state index contributed by atoms with van der Waals surface area (Å²) in [6.45, 7) is 3.56. The van der Waals surface area contributed by atoms with Crippen LogP contribution in [0.15, 0.2) is 48.5 Å². The molecule has 0 saturated heterocycles. The van der Waals surface area contributed by atoms with Gasteiger partial charge in [0.15, 0.2) is 6.10 Å². The molecule has 0 aliphatic carbocycles. The van der Waals surface area contributed by atoms with Crippen LogP contribution in [0.4, 0.5) is 11.4 Å². The number of fused-ring (bicyclic) bond motifs is 1. The number of nitrogens with one attached hydrogen (secondary N) is 1. The van der Waals surface area contributed by atoms with Gasteiger partial charge < -0.3 is 10.1 Å². The molecule has 23 heavy (non-hydrogen) atoms. The molecule has 1 atom stereocenters. The number of carbonyl (C=O) groups excluding carboxylic acids is 2. The van der Waals surface area contributed by atoms with Gasteiger partial charge in [0.2, 0.25) is 5.91 Å². The van der Waals surface area contributed by atoms with Gasteiger partial charge in [0.25, 0.3) is 5.91 Å². The number of aryl methyl sites for hydroxylation is 1. The van der Waals surface area contributed by atoms with Crippen LogP contribution in [0.1, 0.15) is 12.5 Å². The first-order valence-corrected chi connectivity index (χ1v) is 7.49. The fraction of sp³-hybridized carbons (Fsp3) is 0.222. The van der Waals surface area contributed by atoms with Crippen LogP contribution in [0.5, 0.6) is 5.75 Å². The third-order valence-electron chi connectivity index (χ3n) is 3.79. The lowest BCUT2D eigenvalue weighted by atomic mass is 10.1. The molecule has 0 saturated carbocycles. The Bertz CT molecular complexity index is 757. The molecule has 0 aromatic heterocycles. The Morgan fingerprint density at radius 1 is 1.17 bits per heavy atom. The number of rotatable bonds is 3. The van der Waals surface area contributed by atoms with E-state index in [1.807, 2.05) is 43.3 Å². The van der Waals surface area contributed by atoms with Crippen molar-refractivity contribution in [3.63, 3.8) is 0 Å². The Balaban J connectivity index is 1.80. The molecule has 0 bridgehead atoms. The van der Waals surface area contributed by atoms with Crippen molar-refractivity contribution in [2.45, 2.75) is 20.0 Å². The van der Waals surface area contributed by atoms with Gasteiger partial charge in [0.1, 0.15) is 12.3 Å². The summed E-state index contributed by atoms with van der Waals surface area (Å²) in [7, 11) is 0. The van der Waals surface area contributed by atoms with Crippen molar-refractivity contribution in [3.05, 3.63) is 54.1 Å². The molecule has 5 heteroatoms. The zero-order chi connectivity index (χ0) is 16.4. The Labute approximate surface area is 134 Å². The minimum atomic E-state index is -0.601. The van der Waals surface area contributed by atoms with E-state index < -0.39 is 6.10 Å². The third kappa shape index (κ3) is 3.04. The summed E-state index contributed by atoms with van der Waals surface area (Å²) in [4.78, 5) is 26.2. The minimum Gasteiger partial charge on any atom is -0.479 e. The number of ether oxygens (including phenoxy) is 1. The van der Waals surface area contributed by atoms with Crippen molar-refractivity contribution >= 4 is 23.2 Å². The monoisotopic (exact) mass is 310 g/mol. The van der Waals surface area contributed by atoms with E-state index in [1.165, 1.54) is 4.90 Å². The van der Waals surface area contributed by atoms with Crippen molar-refractivity contribution in [3.8, 4) is 5.75 Å². The SMILES string of the molecule is Cc1ccccc1NC(=O)CN1C(=O)C(C)Oc2ccccc21. The molecule has 0 radical (unpaired) electrons. The standard InChI is InChI=1S/C18H18N2O3/c1-12-7-3-4-8-14(12)19-17(21)11-20-15-9-5-6-10-16(15)23-13(2)18(20)22/h3-10,13H,11H2,1-2H3,(H,19,21). The molecular formula is C18H18N2O3. The predicted molar refractivity (Wildman–Crippen MR) is 88.7 cm³/mol. The maximum Gasteiger partial charge on any atom is 0.268 e. The van der Waals surface area contributed by atoms with E-state index >= 15 is 0 Å². The molecule has 3 rings (SSSR count). The van der Waals surface area contributed by atoms with Crippen LogP contribution in [-0.2, 0) is 9.59 Å². The third-order valence-corrected chi connectivity index (χ3v) is 3.79. The first-order valence-electron chi connectivity index (χ1n) is 7.49. The van der Waals surface area contributed by atoms with Gasteiger partial charge in [0, 0.05) is 5.69 Å². The van der Waals surface area contributed by atoms with E-state index in [0.717, 1.165) is 11.3 Å². The summed E-state index contributed by atoms with van der Waals surface area (Å²) >= 11 is 0. The van der Waals surface area contributed by atoms with Crippen molar-refractivity contribution in [2.75, 3.05) is 16.8 Å². The molecule has 0 fully saturated rings.